The van der Waals surface area contributed by atoms with Crippen LogP contribution in [0, 0.1) is 6.92 Å². The van der Waals surface area contributed by atoms with E-state index >= 15 is 0 Å². The molecule has 1 heterocycles. The number of anilines is 8. The molecule has 0 saturated carbocycles. The molecule has 2 aliphatic rings. The molecular weight excluding hydrogens is 894 g/mol. The Bertz CT molecular complexity index is 3830. The van der Waals surface area contributed by atoms with Gasteiger partial charge in [0, 0.05) is 56.5 Å². The Morgan fingerprint density at radius 1 is 0.405 bits per heavy atom. The molecule has 0 fully saturated rings. The molecule has 351 valence electrons. The molecule has 11 aromatic carbocycles. The predicted molar refractivity (Wildman–Crippen MR) is 315 cm³/mol. The highest BCUT2D eigenvalue weighted by Crippen LogP contribution is 2.56. The molecular formula is C70H53BN3. The minimum absolute atomic E-state index is 0.321. The van der Waals surface area contributed by atoms with Gasteiger partial charge >= 0.3 is 0 Å². The number of aryl methyl sites for hydroxylation is 1. The summed E-state index contributed by atoms with van der Waals surface area (Å²) in [5.74, 6) is 0. The summed E-state index contributed by atoms with van der Waals surface area (Å²) < 4.78 is 0. The average molecular weight is 947 g/mol. The molecule has 0 saturated heterocycles. The Hall–Kier alpha value is -9.12. The van der Waals surface area contributed by atoms with E-state index in [9.17, 15) is 0 Å². The third kappa shape index (κ3) is 7.87. The van der Waals surface area contributed by atoms with Gasteiger partial charge in [0.05, 0.1) is 0 Å². The smallest absolute Gasteiger partial charge is 0.197 e. The number of rotatable bonds is 10. The SMILES string of the molecule is Cc1cc(-c2ccccc2)ccc1N1c2ccc(N(c3ccccc3)c3ccccc3)cc2[B]c2c(-c3cc(-c4ccccc4)ccc3Nc3cccc(-c4ccccc4)c3)cc3c(c21)C(C)(C)c1ccccc1-3. The summed E-state index contributed by atoms with van der Waals surface area (Å²) in [6, 6.07) is 94.9. The fourth-order valence-corrected chi connectivity index (χ4v) is 11.6. The second-order valence-corrected chi connectivity index (χ2v) is 20.1. The molecule has 1 radical (unpaired) electrons. The zero-order valence-electron chi connectivity index (χ0n) is 41.8. The topological polar surface area (TPSA) is 18.5 Å². The maximum atomic E-state index is 3.99. The van der Waals surface area contributed by atoms with Crippen LogP contribution in [-0.2, 0) is 5.41 Å². The van der Waals surface area contributed by atoms with Crippen molar-refractivity contribution in [2.75, 3.05) is 15.1 Å². The van der Waals surface area contributed by atoms with Gasteiger partial charge in [0.2, 0.25) is 0 Å². The Kier molecular flexibility index (Phi) is 11.2. The van der Waals surface area contributed by atoms with Gasteiger partial charge in [-0.2, -0.15) is 0 Å². The van der Waals surface area contributed by atoms with Crippen LogP contribution in [0.25, 0.3) is 55.6 Å². The largest absolute Gasteiger partial charge is 0.355 e. The second kappa shape index (κ2) is 18.5. The van der Waals surface area contributed by atoms with Crippen molar-refractivity contribution in [1.82, 2.24) is 0 Å². The summed E-state index contributed by atoms with van der Waals surface area (Å²) in [5, 5.41) is 3.99. The molecule has 1 aliphatic carbocycles. The van der Waals surface area contributed by atoms with E-state index in [4.69, 9.17) is 0 Å². The number of hydrogen-bond donors (Lipinski definition) is 1. The molecule has 13 rings (SSSR count). The van der Waals surface area contributed by atoms with Crippen LogP contribution in [0.4, 0.5) is 45.5 Å². The van der Waals surface area contributed by atoms with Gasteiger partial charge in [0.15, 0.2) is 7.28 Å². The monoisotopic (exact) mass is 946 g/mol. The Labute approximate surface area is 436 Å². The first kappa shape index (κ1) is 44.8. The number of benzene rings is 11. The predicted octanol–water partition coefficient (Wildman–Crippen LogP) is 17.6. The van der Waals surface area contributed by atoms with Crippen LogP contribution in [0.5, 0.6) is 0 Å². The van der Waals surface area contributed by atoms with E-state index in [0.29, 0.717) is 0 Å². The van der Waals surface area contributed by atoms with E-state index in [1.807, 2.05) is 0 Å². The summed E-state index contributed by atoms with van der Waals surface area (Å²) in [5.41, 5.74) is 26.6. The number of para-hydroxylation sites is 2. The van der Waals surface area contributed by atoms with Gasteiger partial charge in [0.1, 0.15) is 0 Å². The van der Waals surface area contributed by atoms with Crippen molar-refractivity contribution in [3.8, 4) is 55.6 Å². The van der Waals surface area contributed by atoms with E-state index in [1.165, 1.54) is 61.2 Å². The highest BCUT2D eigenvalue weighted by Gasteiger charge is 2.43. The van der Waals surface area contributed by atoms with Crippen molar-refractivity contribution >= 4 is 63.7 Å². The van der Waals surface area contributed by atoms with Crippen molar-refractivity contribution in [2.24, 2.45) is 0 Å². The van der Waals surface area contributed by atoms with Crippen LogP contribution in [-0.4, -0.2) is 7.28 Å². The molecule has 74 heavy (non-hydrogen) atoms. The Balaban J connectivity index is 1.09. The van der Waals surface area contributed by atoms with Crippen LogP contribution >= 0.6 is 0 Å². The number of nitrogens with one attached hydrogen (secondary N) is 1. The van der Waals surface area contributed by atoms with Gasteiger partial charge in [-0.3, -0.25) is 0 Å². The lowest BCUT2D eigenvalue weighted by atomic mass is 9.56. The van der Waals surface area contributed by atoms with Gasteiger partial charge in [-0.1, -0.05) is 195 Å². The summed E-state index contributed by atoms with van der Waals surface area (Å²) in [6.45, 7) is 7.11. The third-order valence-electron chi connectivity index (χ3n) is 15.1. The molecule has 1 N–H and O–H groups in total. The zero-order valence-corrected chi connectivity index (χ0v) is 41.8. The van der Waals surface area contributed by atoms with Crippen molar-refractivity contribution in [3.05, 3.63) is 278 Å². The maximum Gasteiger partial charge on any atom is 0.197 e. The van der Waals surface area contributed by atoms with Crippen molar-refractivity contribution < 1.29 is 0 Å². The van der Waals surface area contributed by atoms with Crippen LogP contribution in [0.2, 0.25) is 0 Å². The minimum atomic E-state index is -0.321. The molecule has 0 aromatic heterocycles. The van der Waals surface area contributed by atoms with E-state index in [-0.39, 0.29) is 5.41 Å². The van der Waals surface area contributed by atoms with Gasteiger partial charge in [-0.05, 0) is 164 Å². The lowest BCUT2D eigenvalue weighted by Gasteiger charge is -2.40. The summed E-state index contributed by atoms with van der Waals surface area (Å²) in [7, 11) is 2.48. The molecule has 4 heteroatoms. The van der Waals surface area contributed by atoms with Gasteiger partial charge in [0.25, 0.3) is 0 Å². The maximum absolute atomic E-state index is 3.99. The molecule has 0 spiro atoms. The van der Waals surface area contributed by atoms with Crippen molar-refractivity contribution in [3.63, 3.8) is 0 Å². The number of hydrogen-bond acceptors (Lipinski definition) is 3. The van der Waals surface area contributed by atoms with E-state index in [1.54, 1.807) is 0 Å². The molecule has 1 aliphatic heterocycles. The fourth-order valence-electron chi connectivity index (χ4n) is 11.6. The highest BCUT2D eigenvalue weighted by molar-refractivity contribution is 6.73. The first-order valence-corrected chi connectivity index (χ1v) is 25.7. The normalized spacial score (nSPS) is 12.7. The zero-order chi connectivity index (χ0) is 49.8. The molecule has 0 unspecified atom stereocenters. The molecule has 0 atom stereocenters. The Morgan fingerprint density at radius 2 is 0.946 bits per heavy atom. The van der Waals surface area contributed by atoms with E-state index < -0.39 is 0 Å². The molecule has 0 bridgehead atoms. The number of nitrogens with zero attached hydrogens (tertiary/aromatic N) is 2. The molecule has 11 aromatic rings. The Morgan fingerprint density at radius 3 is 1.58 bits per heavy atom. The summed E-state index contributed by atoms with van der Waals surface area (Å²) in [6.07, 6.45) is 0. The lowest BCUT2D eigenvalue weighted by molar-refractivity contribution is 0.661. The lowest BCUT2D eigenvalue weighted by Crippen LogP contribution is -2.43. The third-order valence-corrected chi connectivity index (χ3v) is 15.1. The molecule has 3 nitrogen and oxygen atoms in total. The second-order valence-electron chi connectivity index (χ2n) is 20.1. The van der Waals surface area contributed by atoms with Crippen LogP contribution in [0.3, 0.4) is 0 Å². The van der Waals surface area contributed by atoms with E-state index in [0.717, 1.165) is 67.5 Å². The standard InChI is InChI=1S/C70H53BN3/c1-47-42-52(49-24-11-5-12-25-49)37-40-65(47)74-66-41-38-57(73(55-30-15-7-16-31-55)56-32-17-8-18-33-56)45-63(66)71-68-61(46-60-58-34-19-20-35-62(58)70(2,3)67(60)69(68)74)59-44-53(50-26-13-6-14-27-50)36-39-64(59)72-54-29-21-28-51(43-54)48-22-9-4-10-23-48/h4-46,72H,1-3H3. The average Bonchev–Trinajstić information content (AvgIpc) is 3.74. The van der Waals surface area contributed by atoms with Gasteiger partial charge in [-0.25, -0.2) is 0 Å². The van der Waals surface area contributed by atoms with Crippen molar-refractivity contribution in [2.45, 2.75) is 26.2 Å². The van der Waals surface area contributed by atoms with E-state index in [2.05, 4.69) is 304 Å². The van der Waals surface area contributed by atoms with Gasteiger partial charge < -0.3 is 15.1 Å². The first-order valence-electron chi connectivity index (χ1n) is 25.7. The van der Waals surface area contributed by atoms with Crippen LogP contribution < -0.4 is 26.0 Å². The highest BCUT2D eigenvalue weighted by atomic mass is 15.2. The first-order chi connectivity index (χ1) is 36.4. The minimum Gasteiger partial charge on any atom is -0.355 e. The van der Waals surface area contributed by atoms with Crippen LogP contribution in [0.1, 0.15) is 30.5 Å². The van der Waals surface area contributed by atoms with Gasteiger partial charge in [-0.15, -0.1) is 0 Å². The fraction of sp³-hybridized carbons (Fsp3) is 0.0571. The van der Waals surface area contributed by atoms with Crippen LogP contribution in [0.15, 0.2) is 261 Å². The van der Waals surface area contributed by atoms with Crippen molar-refractivity contribution in [1.29, 1.82) is 0 Å². The summed E-state index contributed by atoms with van der Waals surface area (Å²) in [4.78, 5) is 4.97. The summed E-state index contributed by atoms with van der Waals surface area (Å²) >= 11 is 0. The molecule has 0 amide bonds. The quantitative estimate of drug-likeness (QED) is 0.138. The number of fused-ring (bicyclic) bond motifs is 6.